The number of aliphatic carboxylic acids is 1. The summed E-state index contributed by atoms with van der Waals surface area (Å²) in [6.07, 6.45) is 1.31. The van der Waals surface area contributed by atoms with Crippen molar-refractivity contribution in [1.29, 1.82) is 0 Å². The van der Waals surface area contributed by atoms with Crippen molar-refractivity contribution in [2.75, 3.05) is 11.4 Å². The number of fused-ring (bicyclic) bond motifs is 1. The van der Waals surface area contributed by atoms with E-state index in [2.05, 4.69) is 15.1 Å². The van der Waals surface area contributed by atoms with Gasteiger partial charge in [0.1, 0.15) is 17.7 Å². The predicted octanol–water partition coefficient (Wildman–Crippen LogP) is 2.47. The van der Waals surface area contributed by atoms with Gasteiger partial charge in [0.2, 0.25) is 0 Å². The molecule has 1 N–H and O–H groups in total. The van der Waals surface area contributed by atoms with Gasteiger partial charge >= 0.3 is 12.1 Å². The summed E-state index contributed by atoms with van der Waals surface area (Å²) >= 11 is 6.10. The Hall–Kier alpha value is -2.82. The molecule has 0 aliphatic carbocycles. The SMILES string of the molecule is O=C(O)Cn1cc(-c2cn3c(Cl)cnc3c(N3CC[C@@H]3C(F)(F)F)n2)cn1. The Labute approximate surface area is 154 Å². The average molecular weight is 401 g/mol. The predicted molar refractivity (Wildman–Crippen MR) is 88.7 cm³/mol. The highest BCUT2D eigenvalue weighted by molar-refractivity contribution is 6.29. The largest absolute Gasteiger partial charge is 0.480 e. The van der Waals surface area contributed by atoms with Gasteiger partial charge in [0.05, 0.1) is 18.1 Å². The molecule has 0 amide bonds. The number of carbonyl (C=O) groups is 1. The number of hydrogen-bond donors (Lipinski definition) is 1. The van der Waals surface area contributed by atoms with Crippen molar-refractivity contribution in [3.63, 3.8) is 0 Å². The molecular weight excluding hydrogens is 389 g/mol. The molecule has 0 bridgehead atoms. The lowest BCUT2D eigenvalue weighted by atomic mass is 10.0. The van der Waals surface area contributed by atoms with E-state index in [1.165, 1.54) is 33.9 Å². The van der Waals surface area contributed by atoms with Crippen LogP contribution in [0.1, 0.15) is 6.42 Å². The smallest absolute Gasteiger partial charge is 0.408 e. The molecule has 3 aromatic rings. The molecule has 1 aliphatic rings. The number of carboxylic acids is 1. The normalized spacial score (nSPS) is 17.3. The third-order valence-corrected chi connectivity index (χ3v) is 4.60. The van der Waals surface area contributed by atoms with E-state index in [-0.39, 0.29) is 36.1 Å². The molecule has 1 aliphatic heterocycles. The third kappa shape index (κ3) is 3.07. The molecule has 4 rings (SSSR count). The maximum Gasteiger partial charge on any atom is 0.408 e. The Kier molecular flexibility index (Phi) is 3.98. The summed E-state index contributed by atoms with van der Waals surface area (Å²) in [5.74, 6) is -1.00. The second-order valence-corrected chi connectivity index (χ2v) is 6.47. The molecule has 0 radical (unpaired) electrons. The molecule has 0 aromatic carbocycles. The molecule has 1 atom stereocenters. The van der Waals surface area contributed by atoms with Crippen molar-refractivity contribution < 1.29 is 23.1 Å². The van der Waals surface area contributed by atoms with Crippen molar-refractivity contribution in [3.8, 4) is 11.3 Å². The summed E-state index contributed by atoms with van der Waals surface area (Å²) in [7, 11) is 0. The summed E-state index contributed by atoms with van der Waals surface area (Å²) in [5, 5.41) is 13.0. The molecule has 3 aromatic heterocycles. The second-order valence-electron chi connectivity index (χ2n) is 6.08. The fraction of sp³-hybridized carbons (Fsp3) is 0.333. The number of halogens is 4. The highest BCUT2D eigenvalue weighted by atomic mass is 35.5. The van der Waals surface area contributed by atoms with Crippen molar-refractivity contribution in [2.24, 2.45) is 0 Å². The summed E-state index contributed by atoms with van der Waals surface area (Å²) in [4.78, 5) is 20.4. The van der Waals surface area contributed by atoms with E-state index >= 15 is 0 Å². The van der Waals surface area contributed by atoms with E-state index in [4.69, 9.17) is 16.7 Å². The van der Waals surface area contributed by atoms with Crippen LogP contribution in [0.3, 0.4) is 0 Å². The summed E-state index contributed by atoms with van der Waals surface area (Å²) in [5.41, 5.74) is 0.978. The van der Waals surface area contributed by atoms with Gasteiger partial charge in [-0.15, -0.1) is 0 Å². The fourth-order valence-electron chi connectivity index (χ4n) is 2.98. The van der Waals surface area contributed by atoms with E-state index in [1.807, 2.05) is 0 Å². The van der Waals surface area contributed by atoms with E-state index in [1.54, 1.807) is 0 Å². The van der Waals surface area contributed by atoms with Crippen LogP contribution in [0.15, 0.2) is 24.8 Å². The minimum atomic E-state index is -4.38. The van der Waals surface area contributed by atoms with Gasteiger partial charge < -0.3 is 10.0 Å². The molecular formula is C15H12ClF3N6O2. The van der Waals surface area contributed by atoms with Crippen LogP contribution in [-0.2, 0) is 11.3 Å². The minimum Gasteiger partial charge on any atom is -0.480 e. The van der Waals surface area contributed by atoms with E-state index in [0.717, 1.165) is 4.90 Å². The molecule has 1 fully saturated rings. The van der Waals surface area contributed by atoms with Crippen molar-refractivity contribution in [3.05, 3.63) is 29.9 Å². The Balaban J connectivity index is 1.80. The number of rotatable bonds is 4. The average Bonchev–Trinajstić information content (AvgIpc) is 3.11. The van der Waals surface area contributed by atoms with Crippen molar-refractivity contribution in [2.45, 2.75) is 25.2 Å². The van der Waals surface area contributed by atoms with Gasteiger partial charge in [-0.2, -0.15) is 18.3 Å². The number of imidazole rings is 1. The van der Waals surface area contributed by atoms with Crippen molar-refractivity contribution in [1.82, 2.24) is 24.1 Å². The second kappa shape index (κ2) is 6.12. The first-order chi connectivity index (χ1) is 12.7. The van der Waals surface area contributed by atoms with E-state index < -0.39 is 18.2 Å². The van der Waals surface area contributed by atoms with Crippen LogP contribution in [-0.4, -0.2) is 54.0 Å². The number of hydrogen-bond acceptors (Lipinski definition) is 5. The first kappa shape index (κ1) is 17.6. The molecule has 4 heterocycles. The minimum absolute atomic E-state index is 0.0213. The standard InChI is InChI=1S/C15H12ClF3N6O2/c16-11-4-20-13-14(24-2-1-10(24)15(17,18)19)22-9(6-25(11)13)8-3-21-23(5-8)7-12(26)27/h3-6,10H,1-2,7H2,(H,26,27)/t10-/m1/s1. The molecule has 0 saturated carbocycles. The molecule has 27 heavy (non-hydrogen) atoms. The molecule has 0 spiro atoms. The van der Waals surface area contributed by atoms with Gasteiger partial charge in [-0.3, -0.25) is 13.9 Å². The number of aromatic nitrogens is 5. The van der Waals surface area contributed by atoms with Crippen LogP contribution in [0.2, 0.25) is 5.15 Å². The lowest BCUT2D eigenvalue weighted by Gasteiger charge is -2.42. The number of carboxylic acid groups (broad SMARTS) is 1. The maximum atomic E-state index is 13.2. The Morgan fingerprint density at radius 1 is 1.33 bits per heavy atom. The van der Waals surface area contributed by atoms with Crippen LogP contribution in [0, 0.1) is 0 Å². The fourth-order valence-corrected chi connectivity index (χ4v) is 3.15. The Bertz CT molecular complexity index is 1030. The molecule has 8 nitrogen and oxygen atoms in total. The Morgan fingerprint density at radius 3 is 2.74 bits per heavy atom. The first-order valence-electron chi connectivity index (χ1n) is 7.85. The zero-order valence-corrected chi connectivity index (χ0v) is 14.3. The zero-order chi connectivity index (χ0) is 19.3. The van der Waals surface area contributed by atoms with Crippen LogP contribution < -0.4 is 4.90 Å². The Morgan fingerprint density at radius 2 is 2.11 bits per heavy atom. The monoisotopic (exact) mass is 400 g/mol. The summed E-state index contributed by atoms with van der Waals surface area (Å²) in [6, 6.07) is -1.63. The lowest BCUT2D eigenvalue weighted by Crippen LogP contribution is -2.56. The van der Waals surface area contributed by atoms with E-state index in [9.17, 15) is 18.0 Å². The number of nitrogens with zero attached hydrogens (tertiary/aromatic N) is 6. The molecule has 142 valence electrons. The van der Waals surface area contributed by atoms with Crippen LogP contribution in [0.5, 0.6) is 0 Å². The molecule has 12 heteroatoms. The highest BCUT2D eigenvalue weighted by Crippen LogP contribution is 2.38. The number of alkyl halides is 3. The summed E-state index contributed by atoms with van der Waals surface area (Å²) in [6.45, 7) is -0.151. The van der Waals surface area contributed by atoms with Crippen LogP contribution >= 0.6 is 11.6 Å². The quantitative estimate of drug-likeness (QED) is 0.723. The zero-order valence-electron chi connectivity index (χ0n) is 13.6. The van der Waals surface area contributed by atoms with Crippen LogP contribution in [0.25, 0.3) is 16.9 Å². The van der Waals surface area contributed by atoms with E-state index in [0.29, 0.717) is 11.3 Å². The van der Waals surface area contributed by atoms with Crippen molar-refractivity contribution >= 4 is 29.0 Å². The third-order valence-electron chi connectivity index (χ3n) is 4.33. The lowest BCUT2D eigenvalue weighted by molar-refractivity contribution is -0.159. The molecule has 1 saturated heterocycles. The van der Waals surface area contributed by atoms with Gasteiger partial charge in [-0.05, 0) is 6.42 Å². The summed E-state index contributed by atoms with van der Waals surface area (Å²) < 4.78 is 42.2. The van der Waals surface area contributed by atoms with Gasteiger partial charge in [0, 0.05) is 24.5 Å². The van der Waals surface area contributed by atoms with Gasteiger partial charge in [-0.1, -0.05) is 11.6 Å². The first-order valence-corrected chi connectivity index (χ1v) is 8.23. The highest BCUT2D eigenvalue weighted by Gasteiger charge is 2.50. The topological polar surface area (TPSA) is 88.5 Å². The maximum absolute atomic E-state index is 13.2. The number of anilines is 1. The van der Waals surface area contributed by atoms with Crippen LogP contribution in [0.4, 0.5) is 19.0 Å². The van der Waals surface area contributed by atoms with Gasteiger partial charge in [0.25, 0.3) is 0 Å². The molecule has 0 unspecified atom stereocenters. The van der Waals surface area contributed by atoms with Gasteiger partial charge in [0.15, 0.2) is 11.5 Å². The van der Waals surface area contributed by atoms with Gasteiger partial charge in [-0.25, -0.2) is 9.97 Å².